The third kappa shape index (κ3) is 5.58. The molecule has 1 aromatic carbocycles. The van der Waals surface area contributed by atoms with Crippen LogP contribution >= 0.6 is 23.2 Å². The number of carboxylic acid groups (broad SMARTS) is 1. The van der Waals surface area contributed by atoms with Crippen molar-refractivity contribution < 1.29 is 24.3 Å². The maximum Gasteiger partial charge on any atom is 0.312 e. The highest BCUT2D eigenvalue weighted by Gasteiger charge is 2.26. The molecular weight excluding hydrogens is 397 g/mol. The van der Waals surface area contributed by atoms with E-state index in [2.05, 4.69) is 5.32 Å². The molecule has 0 saturated carbocycles. The third-order valence-electron chi connectivity index (χ3n) is 4.15. The minimum Gasteiger partial charge on any atom is -0.481 e. The fraction of sp³-hybridized carbons (Fsp3) is 0.412. The predicted octanol–water partition coefficient (Wildman–Crippen LogP) is 1.78. The number of rotatable bonds is 5. The Bertz CT molecular complexity index is 776. The highest BCUT2D eigenvalue weighted by molar-refractivity contribution is 6.44. The highest BCUT2D eigenvalue weighted by Crippen LogP contribution is 2.32. The van der Waals surface area contributed by atoms with Gasteiger partial charge in [-0.05, 0) is 18.6 Å². The van der Waals surface area contributed by atoms with Crippen LogP contribution in [0.2, 0.25) is 10.0 Å². The van der Waals surface area contributed by atoms with E-state index in [1.807, 2.05) is 0 Å². The Morgan fingerprint density at radius 1 is 0.963 bits per heavy atom. The molecule has 0 spiro atoms. The molecule has 27 heavy (non-hydrogen) atoms. The zero-order valence-electron chi connectivity index (χ0n) is 14.6. The fourth-order valence-corrected chi connectivity index (χ4v) is 3.06. The number of piperazine rings is 1. The number of nitrogens with zero attached hydrogens (tertiary/aromatic N) is 2. The monoisotopic (exact) mass is 415 g/mol. The molecule has 2 rings (SSSR count). The van der Waals surface area contributed by atoms with E-state index in [4.69, 9.17) is 28.3 Å². The Morgan fingerprint density at radius 2 is 1.48 bits per heavy atom. The summed E-state index contributed by atoms with van der Waals surface area (Å²) < 4.78 is 0. The van der Waals surface area contributed by atoms with Crippen LogP contribution in [-0.4, -0.2) is 64.8 Å². The van der Waals surface area contributed by atoms with E-state index in [9.17, 15) is 19.2 Å². The summed E-state index contributed by atoms with van der Waals surface area (Å²) in [4.78, 5) is 49.5. The summed E-state index contributed by atoms with van der Waals surface area (Å²) in [6.45, 7) is 2.74. The molecule has 0 unspecified atom stereocenters. The summed E-state index contributed by atoms with van der Waals surface area (Å²) in [7, 11) is 0. The van der Waals surface area contributed by atoms with Crippen LogP contribution in [-0.2, 0) is 19.2 Å². The summed E-state index contributed by atoms with van der Waals surface area (Å²) in [6, 6.07) is 3.32. The zero-order chi connectivity index (χ0) is 20.1. The maximum absolute atomic E-state index is 12.3. The van der Waals surface area contributed by atoms with Crippen molar-refractivity contribution in [3.63, 3.8) is 0 Å². The molecular formula is C17H19Cl2N3O5. The molecule has 0 bridgehead atoms. The number of hydrogen-bond donors (Lipinski definition) is 2. The van der Waals surface area contributed by atoms with Gasteiger partial charge in [-0.2, -0.15) is 0 Å². The molecule has 1 fully saturated rings. The smallest absolute Gasteiger partial charge is 0.312 e. The molecule has 1 aliphatic heterocycles. The Hall–Kier alpha value is -2.32. The van der Waals surface area contributed by atoms with E-state index >= 15 is 0 Å². The van der Waals surface area contributed by atoms with Gasteiger partial charge in [0.15, 0.2) is 0 Å². The minimum atomic E-state index is -1.19. The second-order valence-electron chi connectivity index (χ2n) is 6.12. The van der Waals surface area contributed by atoms with Crippen LogP contribution in [0, 0.1) is 6.92 Å². The van der Waals surface area contributed by atoms with Crippen molar-refractivity contribution in [3.05, 3.63) is 27.7 Å². The molecule has 0 aliphatic carbocycles. The van der Waals surface area contributed by atoms with Crippen molar-refractivity contribution in [3.8, 4) is 0 Å². The Balaban J connectivity index is 1.85. The first-order chi connectivity index (χ1) is 12.7. The number of anilines is 1. The SMILES string of the molecule is Cc1ccc(NC(=O)CC(=O)N2CCN(C(=O)CC(=O)O)CC2)c(Cl)c1Cl. The first-order valence-corrected chi connectivity index (χ1v) is 8.96. The largest absolute Gasteiger partial charge is 0.481 e. The van der Waals surface area contributed by atoms with Gasteiger partial charge >= 0.3 is 5.97 Å². The van der Waals surface area contributed by atoms with E-state index in [0.29, 0.717) is 10.7 Å². The molecule has 146 valence electrons. The number of carboxylic acids is 1. The van der Waals surface area contributed by atoms with Crippen LogP contribution in [0.1, 0.15) is 18.4 Å². The number of carbonyl (C=O) groups excluding carboxylic acids is 3. The summed E-state index contributed by atoms with van der Waals surface area (Å²) in [6.07, 6.45) is -0.943. The van der Waals surface area contributed by atoms with Gasteiger partial charge < -0.3 is 20.2 Å². The van der Waals surface area contributed by atoms with E-state index < -0.39 is 24.2 Å². The summed E-state index contributed by atoms with van der Waals surface area (Å²) in [5.74, 6) is -2.58. The summed E-state index contributed by atoms with van der Waals surface area (Å²) in [5, 5.41) is 11.8. The van der Waals surface area contributed by atoms with Crippen molar-refractivity contribution in [2.45, 2.75) is 19.8 Å². The van der Waals surface area contributed by atoms with Crippen LogP contribution in [0.5, 0.6) is 0 Å². The number of benzene rings is 1. The van der Waals surface area contributed by atoms with Crippen molar-refractivity contribution >= 4 is 52.6 Å². The molecule has 1 aliphatic rings. The van der Waals surface area contributed by atoms with Crippen molar-refractivity contribution in [2.24, 2.45) is 0 Å². The number of nitrogens with one attached hydrogen (secondary N) is 1. The van der Waals surface area contributed by atoms with E-state index in [0.717, 1.165) is 5.56 Å². The Morgan fingerprint density at radius 3 is 2.00 bits per heavy atom. The van der Waals surface area contributed by atoms with Gasteiger partial charge in [0, 0.05) is 26.2 Å². The molecule has 8 nitrogen and oxygen atoms in total. The van der Waals surface area contributed by atoms with Crippen molar-refractivity contribution in [2.75, 3.05) is 31.5 Å². The predicted molar refractivity (Wildman–Crippen MR) is 99.9 cm³/mol. The lowest BCUT2D eigenvalue weighted by molar-refractivity contribution is -0.147. The van der Waals surface area contributed by atoms with E-state index in [1.54, 1.807) is 19.1 Å². The average molecular weight is 416 g/mol. The second kappa shape index (κ2) is 9.05. The van der Waals surface area contributed by atoms with Gasteiger partial charge in [0.25, 0.3) is 0 Å². The van der Waals surface area contributed by atoms with Crippen LogP contribution in [0.4, 0.5) is 5.69 Å². The van der Waals surface area contributed by atoms with Gasteiger partial charge in [0.1, 0.15) is 12.8 Å². The van der Waals surface area contributed by atoms with Gasteiger partial charge in [-0.3, -0.25) is 19.2 Å². The lowest BCUT2D eigenvalue weighted by Gasteiger charge is -2.34. The van der Waals surface area contributed by atoms with Crippen LogP contribution in [0.25, 0.3) is 0 Å². The number of halogens is 2. The first-order valence-electron chi connectivity index (χ1n) is 8.21. The Kier molecular flexibility index (Phi) is 7.04. The first kappa shape index (κ1) is 21.0. The molecule has 0 radical (unpaired) electrons. The van der Waals surface area contributed by atoms with Crippen LogP contribution < -0.4 is 5.32 Å². The van der Waals surface area contributed by atoms with Gasteiger partial charge in [0.2, 0.25) is 17.7 Å². The minimum absolute atomic E-state index is 0.211. The number of aliphatic carboxylic acids is 1. The van der Waals surface area contributed by atoms with Crippen LogP contribution in [0.3, 0.4) is 0 Å². The highest BCUT2D eigenvalue weighted by atomic mass is 35.5. The van der Waals surface area contributed by atoms with Gasteiger partial charge in [-0.25, -0.2) is 0 Å². The molecule has 10 heteroatoms. The van der Waals surface area contributed by atoms with Crippen molar-refractivity contribution in [1.29, 1.82) is 0 Å². The topological polar surface area (TPSA) is 107 Å². The molecule has 0 atom stereocenters. The number of amides is 3. The number of hydrogen-bond acceptors (Lipinski definition) is 4. The number of carbonyl (C=O) groups is 4. The standard InChI is InChI=1S/C17H19Cl2N3O5/c1-10-2-3-11(17(19)16(10)18)20-12(23)8-13(24)21-4-6-22(7-5-21)14(25)9-15(26)27/h2-3H,4-9H2,1H3,(H,20,23)(H,26,27). The lowest BCUT2D eigenvalue weighted by atomic mass is 10.2. The molecule has 1 aromatic rings. The summed E-state index contributed by atoms with van der Waals surface area (Å²) >= 11 is 12.1. The Labute approximate surface area is 166 Å². The normalized spacial score (nSPS) is 14.0. The summed E-state index contributed by atoms with van der Waals surface area (Å²) in [5.41, 5.74) is 1.10. The molecule has 3 amide bonds. The quantitative estimate of drug-likeness (QED) is 0.712. The number of aryl methyl sites for hydroxylation is 1. The van der Waals surface area contributed by atoms with E-state index in [1.165, 1.54) is 9.80 Å². The van der Waals surface area contributed by atoms with E-state index in [-0.39, 0.29) is 43.5 Å². The molecule has 0 aromatic heterocycles. The molecule has 1 saturated heterocycles. The molecule has 1 heterocycles. The fourth-order valence-electron chi connectivity index (χ4n) is 2.63. The van der Waals surface area contributed by atoms with Gasteiger partial charge in [-0.1, -0.05) is 29.3 Å². The van der Waals surface area contributed by atoms with Gasteiger partial charge in [-0.15, -0.1) is 0 Å². The van der Waals surface area contributed by atoms with Gasteiger partial charge in [0.05, 0.1) is 15.7 Å². The second-order valence-corrected chi connectivity index (χ2v) is 6.87. The lowest BCUT2D eigenvalue weighted by Crippen LogP contribution is -2.51. The van der Waals surface area contributed by atoms with Crippen LogP contribution in [0.15, 0.2) is 12.1 Å². The van der Waals surface area contributed by atoms with Crippen molar-refractivity contribution in [1.82, 2.24) is 9.80 Å². The third-order valence-corrected chi connectivity index (χ3v) is 5.13. The molecule has 2 N–H and O–H groups in total. The zero-order valence-corrected chi connectivity index (χ0v) is 16.1. The maximum atomic E-state index is 12.3. The average Bonchev–Trinajstić information content (AvgIpc) is 2.61.